The fourth-order valence-electron chi connectivity index (χ4n) is 3.33. The largest absolute Gasteiger partial charge is 0.444 e. The van der Waals surface area contributed by atoms with Crippen LogP contribution in [0.1, 0.15) is 59.2 Å². The van der Waals surface area contributed by atoms with Crippen LogP contribution in [0.25, 0.3) is 0 Å². The van der Waals surface area contributed by atoms with E-state index in [0.29, 0.717) is 6.54 Å². The highest BCUT2D eigenvalue weighted by Crippen LogP contribution is 2.15. The summed E-state index contributed by atoms with van der Waals surface area (Å²) in [4.78, 5) is 23.1. The highest BCUT2D eigenvalue weighted by Gasteiger charge is 2.27. The van der Waals surface area contributed by atoms with Crippen LogP contribution >= 0.6 is 24.0 Å². The number of guanidine groups is 1. The molecule has 0 radical (unpaired) electrons. The van der Waals surface area contributed by atoms with Crippen molar-refractivity contribution in [3.63, 3.8) is 0 Å². The summed E-state index contributed by atoms with van der Waals surface area (Å²) in [6.45, 7) is 13.7. The van der Waals surface area contributed by atoms with E-state index in [1.807, 2.05) is 40.1 Å². The number of ether oxygens (including phenoxy) is 1. The van der Waals surface area contributed by atoms with Gasteiger partial charge in [-0.05, 0) is 60.3 Å². The second kappa shape index (κ2) is 13.0. The highest BCUT2D eigenvalue weighted by molar-refractivity contribution is 14.0. The van der Waals surface area contributed by atoms with Gasteiger partial charge in [-0.3, -0.25) is 4.99 Å². The molecule has 0 bridgehead atoms. The molecule has 0 aromatic carbocycles. The maximum atomic E-state index is 12.4. The Hall–Kier alpha value is -1.52. The van der Waals surface area contributed by atoms with Crippen LogP contribution in [-0.2, 0) is 11.3 Å². The zero-order valence-electron chi connectivity index (χ0n) is 19.1. The molecule has 1 fully saturated rings. The number of amides is 1. The fraction of sp³-hybridized carbons (Fsp3) is 0.762. The lowest BCUT2D eigenvalue weighted by atomic mass is 10.1. The Morgan fingerprint density at radius 1 is 1.37 bits per heavy atom. The summed E-state index contributed by atoms with van der Waals surface area (Å²) in [5.41, 5.74) is -0.469. The number of rotatable bonds is 7. The van der Waals surface area contributed by atoms with E-state index in [1.54, 1.807) is 4.90 Å². The molecule has 30 heavy (non-hydrogen) atoms. The number of imidazole rings is 1. The normalized spacial score (nSPS) is 17.3. The molecule has 2 N–H and O–H groups in total. The smallest absolute Gasteiger partial charge is 0.410 e. The molecule has 1 aromatic heterocycles. The quantitative estimate of drug-likeness (QED) is 0.242. The number of likely N-dealkylation sites (tertiary alicyclic amines) is 1. The number of aliphatic imine (C=N–C) groups is 1. The van der Waals surface area contributed by atoms with Gasteiger partial charge in [0, 0.05) is 51.2 Å². The summed E-state index contributed by atoms with van der Waals surface area (Å²) < 4.78 is 7.68. The molecule has 1 aliphatic heterocycles. The molecule has 0 saturated carbocycles. The number of carbonyl (C=O) groups excluding carboxylic acids is 1. The van der Waals surface area contributed by atoms with Gasteiger partial charge in [-0.15, -0.1) is 24.0 Å². The van der Waals surface area contributed by atoms with Crippen molar-refractivity contribution in [1.29, 1.82) is 0 Å². The van der Waals surface area contributed by atoms with Crippen LogP contribution in [0.5, 0.6) is 0 Å². The Kier molecular flexibility index (Phi) is 11.5. The Balaban J connectivity index is 0.00000450. The second-order valence-electron chi connectivity index (χ2n) is 8.55. The molecule has 1 atom stereocenters. The summed E-state index contributed by atoms with van der Waals surface area (Å²) in [5, 5.41) is 6.81. The molecular weight excluding hydrogens is 495 g/mol. The first-order valence-electron chi connectivity index (χ1n) is 10.8. The zero-order chi connectivity index (χ0) is 21.3. The number of piperidine rings is 1. The summed E-state index contributed by atoms with van der Waals surface area (Å²) in [6, 6.07) is 0.183. The number of aromatic nitrogens is 2. The van der Waals surface area contributed by atoms with Gasteiger partial charge in [0.05, 0.1) is 0 Å². The van der Waals surface area contributed by atoms with Gasteiger partial charge in [-0.2, -0.15) is 0 Å². The summed E-state index contributed by atoms with van der Waals surface area (Å²) in [6.07, 6.45) is 7.68. The van der Waals surface area contributed by atoms with E-state index in [-0.39, 0.29) is 36.1 Å². The molecule has 172 valence electrons. The molecule has 1 aromatic rings. The molecule has 0 spiro atoms. The minimum absolute atomic E-state index is 0. The maximum absolute atomic E-state index is 12.4. The van der Waals surface area contributed by atoms with Crippen LogP contribution in [-0.4, -0.2) is 64.3 Å². The Morgan fingerprint density at radius 3 is 2.77 bits per heavy atom. The van der Waals surface area contributed by atoms with Gasteiger partial charge in [0.2, 0.25) is 0 Å². The van der Waals surface area contributed by atoms with Crippen LogP contribution in [0, 0.1) is 6.92 Å². The number of aryl methyl sites for hydroxylation is 2. The van der Waals surface area contributed by atoms with Gasteiger partial charge in [-0.25, -0.2) is 9.78 Å². The van der Waals surface area contributed by atoms with E-state index in [4.69, 9.17) is 9.73 Å². The second-order valence-corrected chi connectivity index (χ2v) is 8.55. The van der Waals surface area contributed by atoms with Crippen LogP contribution < -0.4 is 10.6 Å². The molecule has 1 aliphatic rings. The third-order valence-corrected chi connectivity index (χ3v) is 4.76. The monoisotopic (exact) mass is 534 g/mol. The van der Waals surface area contributed by atoms with Crippen molar-refractivity contribution in [2.45, 2.75) is 78.5 Å². The number of nitrogens with one attached hydrogen (secondary N) is 2. The minimum Gasteiger partial charge on any atom is -0.444 e. The highest BCUT2D eigenvalue weighted by atomic mass is 127. The van der Waals surface area contributed by atoms with E-state index in [1.165, 1.54) is 0 Å². The van der Waals surface area contributed by atoms with Crippen molar-refractivity contribution < 1.29 is 9.53 Å². The number of hydrogen-bond donors (Lipinski definition) is 2. The zero-order valence-corrected chi connectivity index (χ0v) is 21.4. The molecule has 9 heteroatoms. The minimum atomic E-state index is -0.469. The molecule has 1 saturated heterocycles. The van der Waals surface area contributed by atoms with Crippen LogP contribution in [0.15, 0.2) is 17.4 Å². The average Bonchev–Trinajstić information content (AvgIpc) is 3.05. The van der Waals surface area contributed by atoms with Crippen LogP contribution in [0.3, 0.4) is 0 Å². The molecule has 1 amide bonds. The van der Waals surface area contributed by atoms with Crippen molar-refractivity contribution in [1.82, 2.24) is 25.1 Å². The van der Waals surface area contributed by atoms with E-state index in [9.17, 15) is 4.79 Å². The van der Waals surface area contributed by atoms with E-state index in [2.05, 4.69) is 27.1 Å². The van der Waals surface area contributed by atoms with Gasteiger partial charge in [0.25, 0.3) is 0 Å². The van der Waals surface area contributed by atoms with Crippen molar-refractivity contribution in [2.24, 2.45) is 4.99 Å². The number of halogens is 1. The summed E-state index contributed by atoms with van der Waals surface area (Å²) in [5.74, 6) is 1.87. The maximum Gasteiger partial charge on any atom is 0.410 e. The first kappa shape index (κ1) is 26.5. The number of hydrogen-bond acceptors (Lipinski definition) is 4. The molecule has 1 unspecified atom stereocenters. The van der Waals surface area contributed by atoms with E-state index in [0.717, 1.165) is 63.6 Å². The lowest BCUT2D eigenvalue weighted by molar-refractivity contribution is 0.0193. The van der Waals surface area contributed by atoms with Gasteiger partial charge in [-0.1, -0.05) is 0 Å². The van der Waals surface area contributed by atoms with Gasteiger partial charge < -0.3 is 24.8 Å². The molecule has 8 nitrogen and oxygen atoms in total. The predicted molar refractivity (Wildman–Crippen MR) is 132 cm³/mol. The summed E-state index contributed by atoms with van der Waals surface area (Å²) in [7, 11) is 0. The average molecular weight is 534 g/mol. The van der Waals surface area contributed by atoms with Crippen molar-refractivity contribution >= 4 is 36.0 Å². The topological polar surface area (TPSA) is 83.8 Å². The standard InChI is InChI=1S/C21H38N6O2.HI/c1-6-22-19(24-11-7-8-13-26-15-12-23-17(26)2)25-18-10-9-14-27(16-18)20(28)29-21(3,4)5;/h12,15,18H,6-11,13-14,16H2,1-5H3,(H2,22,24,25);1H. The number of unbranched alkanes of at least 4 members (excludes halogenated alkanes) is 1. The third kappa shape index (κ3) is 9.53. The molecular formula is C21H39IN6O2. The van der Waals surface area contributed by atoms with Crippen molar-refractivity contribution in [3.05, 3.63) is 18.2 Å². The van der Waals surface area contributed by atoms with Crippen LogP contribution in [0.2, 0.25) is 0 Å². The first-order valence-corrected chi connectivity index (χ1v) is 10.8. The van der Waals surface area contributed by atoms with E-state index < -0.39 is 5.60 Å². The molecule has 2 heterocycles. The van der Waals surface area contributed by atoms with Gasteiger partial charge >= 0.3 is 6.09 Å². The van der Waals surface area contributed by atoms with Crippen molar-refractivity contribution in [2.75, 3.05) is 26.2 Å². The Bertz CT molecular complexity index is 671. The first-order chi connectivity index (χ1) is 13.8. The van der Waals surface area contributed by atoms with Gasteiger partial charge in [0.15, 0.2) is 5.96 Å². The van der Waals surface area contributed by atoms with Gasteiger partial charge in [0.1, 0.15) is 11.4 Å². The summed E-state index contributed by atoms with van der Waals surface area (Å²) >= 11 is 0. The van der Waals surface area contributed by atoms with Crippen LogP contribution in [0.4, 0.5) is 4.79 Å². The third-order valence-electron chi connectivity index (χ3n) is 4.76. The lowest BCUT2D eigenvalue weighted by Gasteiger charge is -2.35. The Morgan fingerprint density at radius 2 is 2.13 bits per heavy atom. The predicted octanol–water partition coefficient (Wildman–Crippen LogP) is 3.54. The molecule has 2 rings (SSSR count). The number of nitrogens with zero attached hydrogens (tertiary/aromatic N) is 4. The Labute approximate surface area is 198 Å². The molecule has 0 aliphatic carbocycles. The number of carbonyl (C=O) groups is 1. The SMILES string of the molecule is CCNC(=NCCCCn1ccnc1C)NC1CCCN(C(=O)OC(C)(C)C)C1.I. The van der Waals surface area contributed by atoms with Crippen molar-refractivity contribution in [3.8, 4) is 0 Å². The van der Waals surface area contributed by atoms with E-state index >= 15 is 0 Å². The fourth-order valence-corrected chi connectivity index (χ4v) is 3.33. The lowest BCUT2D eigenvalue weighted by Crippen LogP contribution is -2.53.